The van der Waals surface area contributed by atoms with Gasteiger partial charge in [-0.05, 0) is 48.3 Å². The molecule has 0 bridgehead atoms. The summed E-state index contributed by atoms with van der Waals surface area (Å²) in [6.45, 7) is 19.3. The van der Waals surface area contributed by atoms with Gasteiger partial charge < -0.3 is 18.9 Å². The minimum absolute atomic E-state index is 0.0645. The molecule has 14 heteroatoms. The van der Waals surface area contributed by atoms with E-state index in [1.165, 1.54) is 11.0 Å². The molecule has 0 radical (unpaired) electrons. The van der Waals surface area contributed by atoms with Crippen LogP contribution in [0.2, 0.25) is 51.4 Å². The monoisotopic (exact) mass is 740 g/mol. The lowest BCUT2D eigenvalue weighted by Gasteiger charge is -2.29. The number of halogens is 3. The molecular formula is C37H51F3N6O3Si2. The number of hydrogen-bond donors (Lipinski definition) is 0. The molecule has 2 aromatic carbocycles. The van der Waals surface area contributed by atoms with E-state index in [9.17, 15) is 13.6 Å². The quantitative estimate of drug-likeness (QED) is 0.0952. The van der Waals surface area contributed by atoms with Crippen LogP contribution in [0.4, 0.5) is 24.5 Å². The lowest BCUT2D eigenvalue weighted by molar-refractivity contribution is 0.0257. The number of fused-ring (bicyclic) bond motifs is 2. The molecule has 4 heterocycles. The van der Waals surface area contributed by atoms with E-state index in [4.69, 9.17) is 14.6 Å². The molecule has 0 aliphatic carbocycles. The third-order valence-electron chi connectivity index (χ3n) is 9.66. The second kappa shape index (κ2) is 14.2. The van der Waals surface area contributed by atoms with Crippen LogP contribution in [0.1, 0.15) is 59.5 Å². The number of nitrogens with zero attached hydrogens (tertiary/aromatic N) is 6. The van der Waals surface area contributed by atoms with Crippen LogP contribution >= 0.6 is 0 Å². The minimum atomic E-state index is -2.82. The first kappa shape index (κ1) is 37.3. The van der Waals surface area contributed by atoms with Gasteiger partial charge in [0, 0.05) is 64.8 Å². The number of rotatable bonds is 14. The standard InChI is InChI=1S/C37H51F3N6O3Si2/c1-25(2)34-32-33(42-45(34)24-49-16-18-51(6,7)8)36(47)46(35(32)28-11-9-26(19-29(28)38)43-14-13-37(39,40)21-43)27-10-12-31-30(20-27)41-22-44(31)23-48-15-17-50(3,4)5/h9-12,19-20,22,25,35H,13-18,21,23-24H2,1-8H3. The fourth-order valence-corrected chi connectivity index (χ4v) is 8.32. The van der Waals surface area contributed by atoms with Crippen molar-refractivity contribution in [3.63, 3.8) is 0 Å². The molecule has 51 heavy (non-hydrogen) atoms. The van der Waals surface area contributed by atoms with Gasteiger partial charge in [-0.3, -0.25) is 9.69 Å². The molecule has 0 N–H and O–H groups in total. The average Bonchev–Trinajstić information content (AvgIpc) is 3.78. The first-order valence-corrected chi connectivity index (χ1v) is 25.3. The number of alkyl halides is 2. The van der Waals surface area contributed by atoms with E-state index in [0.29, 0.717) is 42.4 Å². The van der Waals surface area contributed by atoms with Crippen molar-refractivity contribution in [2.24, 2.45) is 0 Å². The molecule has 9 nitrogen and oxygen atoms in total. The summed E-state index contributed by atoms with van der Waals surface area (Å²) in [7, 11) is -2.55. The molecule has 2 aliphatic rings. The van der Waals surface area contributed by atoms with Crippen molar-refractivity contribution >= 4 is 44.5 Å². The summed E-state index contributed by atoms with van der Waals surface area (Å²) in [5, 5.41) is 4.79. The maximum absolute atomic E-state index is 16.4. The van der Waals surface area contributed by atoms with E-state index in [1.807, 2.05) is 36.6 Å². The number of anilines is 2. The molecule has 276 valence electrons. The van der Waals surface area contributed by atoms with Crippen LogP contribution in [0, 0.1) is 5.82 Å². The SMILES string of the molecule is CC(C)c1c2c(nn1COCC[Si](C)(C)C)C(=O)N(c1ccc3c(c1)ncn3COCC[Si](C)(C)C)C2c1ccc(N2CCC(F)(F)C2)cc1F. The van der Waals surface area contributed by atoms with Crippen LogP contribution in [0.5, 0.6) is 0 Å². The van der Waals surface area contributed by atoms with Gasteiger partial charge in [-0.15, -0.1) is 0 Å². The van der Waals surface area contributed by atoms with Crippen molar-refractivity contribution in [2.45, 2.75) is 103 Å². The molecule has 1 amide bonds. The smallest absolute Gasteiger partial charge is 0.280 e. The van der Waals surface area contributed by atoms with Gasteiger partial charge in [0.05, 0.1) is 35.6 Å². The Hall–Kier alpha value is -3.47. The van der Waals surface area contributed by atoms with Gasteiger partial charge in [0.15, 0.2) is 5.69 Å². The number of hydrogen-bond acceptors (Lipinski definition) is 6. The molecule has 1 fully saturated rings. The number of imidazole rings is 1. The molecule has 1 atom stereocenters. The fourth-order valence-electron chi connectivity index (χ4n) is 6.81. The number of aromatic nitrogens is 4. The Kier molecular flexibility index (Phi) is 10.4. The molecule has 1 saturated heterocycles. The Morgan fingerprint density at radius 2 is 1.61 bits per heavy atom. The lowest BCUT2D eigenvalue weighted by atomic mass is 9.93. The summed E-state index contributed by atoms with van der Waals surface area (Å²) in [6.07, 6.45) is 1.45. The zero-order valence-electron chi connectivity index (χ0n) is 31.1. The van der Waals surface area contributed by atoms with Crippen LogP contribution in [0.25, 0.3) is 11.0 Å². The van der Waals surface area contributed by atoms with Crippen LogP contribution in [0.3, 0.4) is 0 Å². The topological polar surface area (TPSA) is 77.7 Å². The highest BCUT2D eigenvalue weighted by atomic mass is 28.3. The van der Waals surface area contributed by atoms with Crippen LogP contribution < -0.4 is 9.80 Å². The minimum Gasteiger partial charge on any atom is -0.365 e. The van der Waals surface area contributed by atoms with E-state index in [2.05, 4.69) is 44.3 Å². The maximum atomic E-state index is 16.4. The van der Waals surface area contributed by atoms with Gasteiger partial charge in [-0.1, -0.05) is 59.2 Å². The summed E-state index contributed by atoms with van der Waals surface area (Å²) in [6, 6.07) is 11.4. The Bertz CT molecular complexity index is 1900. The van der Waals surface area contributed by atoms with E-state index in [-0.39, 0.29) is 42.8 Å². The number of benzene rings is 2. The maximum Gasteiger partial charge on any atom is 0.280 e. The normalized spacial score (nSPS) is 17.8. The van der Waals surface area contributed by atoms with Crippen LogP contribution in [0.15, 0.2) is 42.7 Å². The van der Waals surface area contributed by atoms with Gasteiger partial charge in [0.2, 0.25) is 0 Å². The first-order chi connectivity index (χ1) is 23.9. The lowest BCUT2D eigenvalue weighted by Crippen LogP contribution is -2.31. The molecule has 0 saturated carbocycles. The number of carbonyl (C=O) groups excluding carboxylic acids is 1. The summed E-state index contributed by atoms with van der Waals surface area (Å²) >= 11 is 0. The summed E-state index contributed by atoms with van der Waals surface area (Å²) < 4.78 is 60.3. The van der Waals surface area contributed by atoms with Crippen molar-refractivity contribution in [3.8, 4) is 0 Å². The molecular weight excluding hydrogens is 690 g/mol. The van der Waals surface area contributed by atoms with Gasteiger partial charge in [0.25, 0.3) is 11.8 Å². The van der Waals surface area contributed by atoms with Crippen molar-refractivity contribution in [1.29, 1.82) is 0 Å². The molecule has 1 unspecified atom stereocenters. The van der Waals surface area contributed by atoms with Crippen molar-refractivity contribution < 1.29 is 27.4 Å². The van der Waals surface area contributed by atoms with Crippen LogP contribution in [-0.2, 0) is 22.9 Å². The van der Waals surface area contributed by atoms with Gasteiger partial charge in [-0.25, -0.2) is 22.8 Å². The second-order valence-corrected chi connectivity index (χ2v) is 27.9. The van der Waals surface area contributed by atoms with E-state index >= 15 is 4.39 Å². The highest BCUT2D eigenvalue weighted by Gasteiger charge is 2.46. The van der Waals surface area contributed by atoms with Crippen LogP contribution in [-0.4, -0.2) is 73.6 Å². The molecule has 0 spiro atoms. The number of carbonyl (C=O) groups is 1. The fraction of sp³-hybridized carbons (Fsp3) is 0.541. The Morgan fingerprint density at radius 3 is 2.22 bits per heavy atom. The molecule has 2 aliphatic heterocycles. The van der Waals surface area contributed by atoms with Gasteiger partial charge >= 0.3 is 0 Å². The zero-order chi connectivity index (χ0) is 36.9. The van der Waals surface area contributed by atoms with Gasteiger partial charge in [-0.2, -0.15) is 5.10 Å². The third-order valence-corrected chi connectivity index (χ3v) is 13.1. The largest absolute Gasteiger partial charge is 0.365 e. The van der Waals surface area contributed by atoms with Crippen molar-refractivity contribution in [1.82, 2.24) is 19.3 Å². The highest BCUT2D eigenvalue weighted by Crippen LogP contribution is 2.46. The number of ether oxygens (including phenoxy) is 2. The van der Waals surface area contributed by atoms with Gasteiger partial charge in [0.1, 0.15) is 19.3 Å². The second-order valence-electron chi connectivity index (χ2n) is 16.7. The number of amides is 1. The van der Waals surface area contributed by atoms with E-state index < -0.39 is 40.5 Å². The van der Waals surface area contributed by atoms with E-state index in [0.717, 1.165) is 23.3 Å². The van der Waals surface area contributed by atoms with Crippen molar-refractivity contribution in [3.05, 3.63) is 71.1 Å². The predicted octanol–water partition coefficient (Wildman–Crippen LogP) is 8.72. The van der Waals surface area contributed by atoms with E-state index in [1.54, 1.807) is 28.0 Å². The Balaban J connectivity index is 1.37. The average molecular weight is 741 g/mol. The van der Waals surface area contributed by atoms with Crippen molar-refractivity contribution in [2.75, 3.05) is 36.1 Å². The first-order valence-electron chi connectivity index (χ1n) is 17.9. The third kappa shape index (κ3) is 8.13. The molecule has 2 aromatic heterocycles. The Morgan fingerprint density at radius 1 is 0.941 bits per heavy atom. The Labute approximate surface area is 300 Å². The summed E-state index contributed by atoms with van der Waals surface area (Å²) in [4.78, 5) is 22.2. The zero-order valence-corrected chi connectivity index (χ0v) is 33.1. The summed E-state index contributed by atoms with van der Waals surface area (Å²) in [5.41, 5.74) is 4.41. The highest BCUT2D eigenvalue weighted by molar-refractivity contribution is 6.76. The molecule has 4 aromatic rings. The predicted molar refractivity (Wildman–Crippen MR) is 201 cm³/mol. The summed E-state index contributed by atoms with van der Waals surface area (Å²) in [5.74, 6) is -3.81. The molecule has 6 rings (SSSR count).